The molecule has 0 saturated heterocycles. The van der Waals surface area contributed by atoms with Gasteiger partial charge in [0.1, 0.15) is 7.05 Å². The fourth-order valence-electron chi connectivity index (χ4n) is 0.838. The summed E-state index contributed by atoms with van der Waals surface area (Å²) in [5.74, 6) is -0.552. The Hall–Kier alpha value is -1.76. The van der Waals surface area contributed by atoms with Crippen LogP contribution in [0, 0.1) is 4.91 Å². The average Bonchev–Trinajstić information content (AvgIpc) is 2.61. The number of hydrogen-bond acceptors (Lipinski definition) is 5. The van der Waals surface area contributed by atoms with E-state index in [4.69, 9.17) is 5.11 Å². The number of ether oxygens (including phenoxy) is 1. The van der Waals surface area contributed by atoms with E-state index in [9.17, 15) is 9.70 Å². The number of H-pyrrole nitrogens is 1. The molecule has 0 atom stereocenters. The Morgan fingerprint density at radius 2 is 2.21 bits per heavy atom. The first-order valence-electron chi connectivity index (χ1n) is 3.64. The molecule has 0 fully saturated rings. The van der Waals surface area contributed by atoms with Crippen LogP contribution < -0.4 is 4.68 Å². The van der Waals surface area contributed by atoms with Gasteiger partial charge in [-0.15, -0.1) is 0 Å². The number of carbonyl (C=O) groups excluding carboxylic acids is 1. The predicted molar refractivity (Wildman–Crippen MR) is 46.9 cm³/mol. The van der Waals surface area contributed by atoms with Crippen molar-refractivity contribution in [2.24, 2.45) is 12.2 Å². The third-order valence-corrected chi connectivity index (χ3v) is 1.45. The monoisotopic (exact) mass is 202 g/mol. The van der Waals surface area contributed by atoms with Crippen LogP contribution in [0.4, 0.5) is 5.82 Å². The summed E-state index contributed by atoms with van der Waals surface area (Å²) in [6.45, 7) is 0. The number of carbonyl (C=O) groups is 1. The van der Waals surface area contributed by atoms with Gasteiger partial charge in [-0.25, -0.2) is 9.89 Å². The maximum Gasteiger partial charge on any atom is 0.409 e. The van der Waals surface area contributed by atoms with E-state index < -0.39 is 5.97 Å². The molecule has 0 aromatic carbocycles. The summed E-state index contributed by atoms with van der Waals surface area (Å²) in [4.78, 5) is 21.2. The molecule has 2 N–H and O–H groups in total. The Kier molecular flexibility index (Phi) is 5.08. The molecule has 1 aromatic heterocycles. The van der Waals surface area contributed by atoms with Crippen LogP contribution in [0.5, 0.6) is 0 Å². The number of aliphatic hydroxyl groups is 1. The van der Waals surface area contributed by atoms with Crippen molar-refractivity contribution < 1.29 is 19.3 Å². The third-order valence-electron chi connectivity index (χ3n) is 1.45. The second-order valence-electron chi connectivity index (χ2n) is 2.15. The first kappa shape index (κ1) is 12.2. The van der Waals surface area contributed by atoms with Crippen molar-refractivity contribution in [3.8, 4) is 0 Å². The van der Waals surface area contributed by atoms with E-state index in [0.29, 0.717) is 0 Å². The van der Waals surface area contributed by atoms with Crippen LogP contribution in [0.1, 0.15) is 10.4 Å². The number of hydrogen-bond donors (Lipinski definition) is 2. The average molecular weight is 202 g/mol. The summed E-state index contributed by atoms with van der Waals surface area (Å²) >= 11 is 0. The van der Waals surface area contributed by atoms with Crippen molar-refractivity contribution in [2.45, 2.75) is 0 Å². The smallest absolute Gasteiger partial charge is 0.409 e. The molecule has 0 aliphatic carbocycles. The van der Waals surface area contributed by atoms with Gasteiger partial charge < -0.3 is 9.84 Å². The Labute approximate surface area is 80.3 Å². The number of esters is 1. The number of aromatic amines is 1. The van der Waals surface area contributed by atoms with Crippen LogP contribution in [-0.2, 0) is 11.8 Å². The second-order valence-corrected chi connectivity index (χ2v) is 2.15. The number of aromatic nitrogens is 2. The van der Waals surface area contributed by atoms with Gasteiger partial charge in [0.15, 0.2) is 5.56 Å². The number of aliphatic hydroxyl groups excluding tert-OH is 1. The van der Waals surface area contributed by atoms with Gasteiger partial charge in [0.2, 0.25) is 5.18 Å². The van der Waals surface area contributed by atoms with Crippen molar-refractivity contribution >= 4 is 11.8 Å². The Balaban J connectivity index is 0.000000791. The highest BCUT2D eigenvalue weighted by Gasteiger charge is 2.24. The molecule has 78 valence electrons. The van der Waals surface area contributed by atoms with E-state index in [0.717, 1.165) is 7.11 Å². The summed E-state index contributed by atoms with van der Waals surface area (Å²) in [5.41, 5.74) is 0.134. The Morgan fingerprint density at radius 3 is 2.64 bits per heavy atom. The molecule has 14 heavy (non-hydrogen) atoms. The first-order valence-corrected chi connectivity index (χ1v) is 3.64. The molecule has 7 nitrogen and oxygen atoms in total. The van der Waals surface area contributed by atoms with Gasteiger partial charge in [-0.05, 0) is 4.91 Å². The van der Waals surface area contributed by atoms with Crippen LogP contribution in [0.15, 0.2) is 11.4 Å². The maximum absolute atomic E-state index is 11.0. The van der Waals surface area contributed by atoms with Gasteiger partial charge in [-0.3, -0.25) is 0 Å². The van der Waals surface area contributed by atoms with Crippen molar-refractivity contribution in [2.75, 3.05) is 14.2 Å². The summed E-state index contributed by atoms with van der Waals surface area (Å²) in [7, 11) is 3.81. The minimum atomic E-state index is -0.582. The molecule has 7 heteroatoms. The molecular weight excluding hydrogens is 190 g/mol. The van der Waals surface area contributed by atoms with Crippen molar-refractivity contribution in [1.29, 1.82) is 0 Å². The zero-order chi connectivity index (χ0) is 11.1. The van der Waals surface area contributed by atoms with Crippen LogP contribution >= 0.6 is 0 Å². The summed E-state index contributed by atoms with van der Waals surface area (Å²) < 4.78 is 5.75. The van der Waals surface area contributed by atoms with E-state index in [-0.39, 0.29) is 11.4 Å². The van der Waals surface area contributed by atoms with Crippen LogP contribution in [-0.4, -0.2) is 30.4 Å². The van der Waals surface area contributed by atoms with Gasteiger partial charge in [0.25, 0.3) is 0 Å². The predicted octanol–water partition coefficient (Wildman–Crippen LogP) is -0.368. The number of aryl methyl sites for hydroxylation is 1. The quantitative estimate of drug-likeness (QED) is 0.388. The van der Waals surface area contributed by atoms with E-state index in [2.05, 4.69) is 15.0 Å². The first-order chi connectivity index (χ1) is 6.70. The number of rotatable bonds is 2. The molecule has 0 aliphatic heterocycles. The standard InChI is InChI=1S/C6H7N3O3.CH4O/c1-9-5(8-11)4(3-7-9)6(10)12-2;1-2/h3H,1-2H3;2H,1H3/p+1. The van der Waals surface area contributed by atoms with Crippen LogP contribution in [0.2, 0.25) is 0 Å². The fraction of sp³-hybridized carbons (Fsp3) is 0.429. The maximum atomic E-state index is 11.0. The highest BCUT2D eigenvalue weighted by Crippen LogP contribution is 2.12. The third kappa shape index (κ3) is 2.36. The van der Waals surface area contributed by atoms with Crippen LogP contribution in [0.3, 0.4) is 0 Å². The molecular formula is C7H12N3O4+. The van der Waals surface area contributed by atoms with Gasteiger partial charge in [0.05, 0.1) is 13.3 Å². The molecule has 0 saturated carbocycles. The van der Waals surface area contributed by atoms with Gasteiger partial charge in [-0.2, -0.15) is 4.68 Å². The fourth-order valence-corrected chi connectivity index (χ4v) is 0.838. The topological polar surface area (TPSA) is 95.6 Å². The minimum Gasteiger partial charge on any atom is -0.465 e. The normalized spacial score (nSPS) is 8.57. The number of nitrogens with one attached hydrogen (secondary N) is 1. The van der Waals surface area contributed by atoms with E-state index in [1.54, 1.807) is 7.05 Å². The summed E-state index contributed by atoms with van der Waals surface area (Å²) in [6, 6.07) is 0. The van der Waals surface area contributed by atoms with Gasteiger partial charge >= 0.3 is 11.8 Å². The molecule has 0 amide bonds. The lowest BCUT2D eigenvalue weighted by Crippen LogP contribution is -2.29. The van der Waals surface area contributed by atoms with E-state index >= 15 is 0 Å². The molecule has 1 aromatic rings. The summed E-state index contributed by atoms with van der Waals surface area (Å²) in [5, 5.41) is 12.3. The zero-order valence-corrected chi connectivity index (χ0v) is 8.14. The Bertz CT molecular complexity index is 321. The number of nitroso groups, excluding NO2 is 1. The summed E-state index contributed by atoms with van der Waals surface area (Å²) in [6.07, 6.45) is 1.36. The van der Waals surface area contributed by atoms with Crippen molar-refractivity contribution in [3.05, 3.63) is 16.7 Å². The lowest BCUT2D eigenvalue weighted by Gasteiger charge is -1.89. The van der Waals surface area contributed by atoms with Crippen molar-refractivity contribution in [3.63, 3.8) is 0 Å². The van der Waals surface area contributed by atoms with Gasteiger partial charge in [-0.1, -0.05) is 0 Å². The molecule has 0 bridgehead atoms. The minimum absolute atomic E-state index is 0.0295. The molecule has 0 unspecified atom stereocenters. The second kappa shape index (κ2) is 5.81. The number of methoxy groups -OCH3 is 1. The highest BCUT2D eigenvalue weighted by atomic mass is 16.5. The molecule has 1 rings (SSSR count). The van der Waals surface area contributed by atoms with E-state index in [1.165, 1.54) is 18.0 Å². The molecule has 1 heterocycles. The lowest BCUT2D eigenvalue weighted by atomic mass is 10.3. The van der Waals surface area contributed by atoms with Crippen molar-refractivity contribution in [1.82, 2.24) is 5.10 Å². The number of nitrogens with zero attached hydrogens (tertiary/aromatic N) is 2. The van der Waals surface area contributed by atoms with Gasteiger partial charge in [0, 0.05) is 7.11 Å². The lowest BCUT2D eigenvalue weighted by molar-refractivity contribution is -0.714. The SMILES string of the molecule is CO.COC(=O)c1c[nH][n+](C)c1N=O. The Morgan fingerprint density at radius 1 is 1.64 bits per heavy atom. The van der Waals surface area contributed by atoms with Crippen LogP contribution in [0.25, 0.3) is 0 Å². The molecule has 0 aliphatic rings. The molecule has 0 radical (unpaired) electrons. The zero-order valence-electron chi connectivity index (χ0n) is 8.14. The molecule has 0 spiro atoms. The highest BCUT2D eigenvalue weighted by molar-refractivity contribution is 5.92. The van der Waals surface area contributed by atoms with E-state index in [1.807, 2.05) is 0 Å². The largest absolute Gasteiger partial charge is 0.465 e.